The van der Waals surface area contributed by atoms with Crippen LogP contribution in [0.4, 0.5) is 0 Å². The van der Waals surface area contributed by atoms with Crippen molar-refractivity contribution in [2.45, 2.75) is 31.8 Å². The molecule has 1 heterocycles. The van der Waals surface area contributed by atoms with E-state index < -0.39 is 0 Å². The number of halogens is 1. The number of hydrogen-bond acceptors (Lipinski definition) is 3. The molecule has 0 spiro atoms. The minimum atomic E-state index is 0.0204. The number of amides is 1. The van der Waals surface area contributed by atoms with E-state index >= 15 is 0 Å². The van der Waals surface area contributed by atoms with Gasteiger partial charge in [0.2, 0.25) is 5.91 Å². The molecule has 0 aliphatic carbocycles. The van der Waals surface area contributed by atoms with Crippen molar-refractivity contribution < 1.29 is 4.79 Å². The Morgan fingerprint density at radius 1 is 1.50 bits per heavy atom. The molecule has 5 heteroatoms. The van der Waals surface area contributed by atoms with Gasteiger partial charge in [-0.15, -0.1) is 0 Å². The van der Waals surface area contributed by atoms with Crippen LogP contribution in [0.15, 0.2) is 28.7 Å². The molecular formula is C15H22BrN3O. The summed E-state index contributed by atoms with van der Waals surface area (Å²) in [5.41, 5.74) is 6.97. The Bertz CT molecular complexity index is 458. The third-order valence-corrected chi connectivity index (χ3v) is 4.22. The Labute approximate surface area is 128 Å². The molecule has 0 aromatic heterocycles. The second-order valence-corrected chi connectivity index (χ2v) is 6.37. The van der Waals surface area contributed by atoms with Gasteiger partial charge in [0.25, 0.3) is 0 Å². The van der Waals surface area contributed by atoms with Gasteiger partial charge in [0.15, 0.2) is 0 Å². The summed E-state index contributed by atoms with van der Waals surface area (Å²) in [5, 5.41) is 3.05. The van der Waals surface area contributed by atoms with Crippen molar-refractivity contribution in [2.75, 3.05) is 19.6 Å². The van der Waals surface area contributed by atoms with Gasteiger partial charge < -0.3 is 11.1 Å². The average molecular weight is 340 g/mol. The van der Waals surface area contributed by atoms with Crippen molar-refractivity contribution in [3.63, 3.8) is 0 Å². The molecule has 1 aliphatic rings. The number of nitrogens with zero attached hydrogens (tertiary/aromatic N) is 1. The number of carbonyl (C=O) groups excluding carboxylic acids is 1. The number of rotatable bonds is 4. The predicted molar refractivity (Wildman–Crippen MR) is 84.3 cm³/mol. The van der Waals surface area contributed by atoms with Crippen LogP contribution in [0.3, 0.4) is 0 Å². The summed E-state index contributed by atoms with van der Waals surface area (Å²) in [6, 6.07) is 8.34. The molecule has 1 unspecified atom stereocenters. The Morgan fingerprint density at radius 2 is 2.20 bits per heavy atom. The molecule has 0 saturated carbocycles. The second kappa shape index (κ2) is 7.20. The predicted octanol–water partition coefficient (Wildman–Crippen LogP) is 2.05. The largest absolute Gasteiger partial charge is 0.348 e. The molecule has 0 radical (unpaired) electrons. The van der Waals surface area contributed by atoms with Crippen LogP contribution in [0.25, 0.3) is 0 Å². The molecule has 0 bridgehead atoms. The van der Waals surface area contributed by atoms with Gasteiger partial charge in [-0.3, -0.25) is 9.69 Å². The van der Waals surface area contributed by atoms with Crippen molar-refractivity contribution >= 4 is 21.8 Å². The van der Waals surface area contributed by atoms with Crippen molar-refractivity contribution in [1.82, 2.24) is 10.2 Å². The van der Waals surface area contributed by atoms with Gasteiger partial charge in [-0.2, -0.15) is 0 Å². The van der Waals surface area contributed by atoms with E-state index in [1.54, 1.807) is 0 Å². The number of hydrogen-bond donors (Lipinski definition) is 2. The summed E-state index contributed by atoms with van der Waals surface area (Å²) in [5.74, 6) is 0.0768. The molecule has 2 rings (SSSR count). The molecule has 20 heavy (non-hydrogen) atoms. The Hall–Kier alpha value is -0.910. The molecule has 110 valence electrons. The maximum atomic E-state index is 12.1. The second-order valence-electron chi connectivity index (χ2n) is 5.46. The van der Waals surface area contributed by atoms with Gasteiger partial charge in [0.1, 0.15) is 0 Å². The molecular weight excluding hydrogens is 318 g/mol. The number of likely N-dealkylation sites (tertiary alicyclic amines) is 1. The molecule has 1 aromatic carbocycles. The third-order valence-electron chi connectivity index (χ3n) is 3.73. The maximum absolute atomic E-state index is 12.1. The fourth-order valence-electron chi connectivity index (χ4n) is 2.46. The molecule has 1 fully saturated rings. The lowest BCUT2D eigenvalue weighted by atomic mass is 10.1. The van der Waals surface area contributed by atoms with Gasteiger partial charge in [-0.05, 0) is 37.5 Å². The maximum Gasteiger partial charge on any atom is 0.234 e. The van der Waals surface area contributed by atoms with Crippen molar-refractivity contribution in [2.24, 2.45) is 5.73 Å². The van der Waals surface area contributed by atoms with E-state index in [4.69, 9.17) is 5.73 Å². The minimum absolute atomic E-state index is 0.0204. The lowest BCUT2D eigenvalue weighted by Gasteiger charge is -2.29. The first kappa shape index (κ1) is 15.5. The number of nitrogens with two attached hydrogens (primary N) is 1. The van der Waals surface area contributed by atoms with Crippen molar-refractivity contribution in [3.8, 4) is 0 Å². The Balaban J connectivity index is 1.82. The minimum Gasteiger partial charge on any atom is -0.348 e. The number of piperidine rings is 1. The molecule has 1 aromatic rings. The van der Waals surface area contributed by atoms with Gasteiger partial charge in [-0.1, -0.05) is 28.1 Å². The first-order valence-electron chi connectivity index (χ1n) is 7.07. The molecule has 1 atom stereocenters. The Kier molecular flexibility index (Phi) is 5.57. The first-order chi connectivity index (χ1) is 9.54. The lowest BCUT2D eigenvalue weighted by molar-refractivity contribution is -0.123. The van der Waals surface area contributed by atoms with Crippen LogP contribution < -0.4 is 11.1 Å². The highest BCUT2D eigenvalue weighted by Gasteiger charge is 2.19. The highest BCUT2D eigenvalue weighted by atomic mass is 79.9. The van der Waals surface area contributed by atoms with Crippen LogP contribution in [-0.4, -0.2) is 36.5 Å². The van der Waals surface area contributed by atoms with Crippen LogP contribution in [0, 0.1) is 0 Å². The monoisotopic (exact) mass is 339 g/mol. The summed E-state index contributed by atoms with van der Waals surface area (Å²) in [6.07, 6.45) is 1.96. The summed E-state index contributed by atoms with van der Waals surface area (Å²) in [7, 11) is 0. The van der Waals surface area contributed by atoms with Crippen LogP contribution in [0.5, 0.6) is 0 Å². The third kappa shape index (κ3) is 4.58. The topological polar surface area (TPSA) is 58.4 Å². The van der Waals surface area contributed by atoms with E-state index in [0.717, 1.165) is 36.0 Å². The fraction of sp³-hybridized carbons (Fsp3) is 0.533. The zero-order chi connectivity index (χ0) is 14.5. The van der Waals surface area contributed by atoms with E-state index in [-0.39, 0.29) is 11.9 Å². The van der Waals surface area contributed by atoms with Gasteiger partial charge in [-0.25, -0.2) is 0 Å². The van der Waals surface area contributed by atoms with Crippen LogP contribution >= 0.6 is 15.9 Å². The van der Waals surface area contributed by atoms with Gasteiger partial charge >= 0.3 is 0 Å². The summed E-state index contributed by atoms with van der Waals surface area (Å²) in [6.45, 7) is 4.30. The van der Waals surface area contributed by atoms with E-state index in [1.165, 1.54) is 0 Å². The van der Waals surface area contributed by atoms with E-state index in [9.17, 15) is 4.79 Å². The molecule has 1 amide bonds. The van der Waals surface area contributed by atoms with Crippen molar-refractivity contribution in [3.05, 3.63) is 34.3 Å². The van der Waals surface area contributed by atoms with Crippen LogP contribution in [-0.2, 0) is 4.79 Å². The molecule has 1 saturated heterocycles. The van der Waals surface area contributed by atoms with E-state index in [1.807, 2.05) is 31.2 Å². The Morgan fingerprint density at radius 3 is 2.85 bits per heavy atom. The number of carbonyl (C=O) groups is 1. The molecule has 1 aliphatic heterocycles. The van der Waals surface area contributed by atoms with Crippen molar-refractivity contribution in [1.29, 1.82) is 0 Å². The highest BCUT2D eigenvalue weighted by Crippen LogP contribution is 2.17. The zero-order valence-corrected chi connectivity index (χ0v) is 13.4. The summed E-state index contributed by atoms with van der Waals surface area (Å²) >= 11 is 3.45. The number of nitrogens with one attached hydrogen (secondary N) is 1. The lowest BCUT2D eigenvalue weighted by Crippen LogP contribution is -2.44. The summed E-state index contributed by atoms with van der Waals surface area (Å²) in [4.78, 5) is 14.2. The molecule has 3 N–H and O–H groups in total. The van der Waals surface area contributed by atoms with Gasteiger partial charge in [0, 0.05) is 23.6 Å². The van der Waals surface area contributed by atoms with Crippen LogP contribution in [0.1, 0.15) is 31.4 Å². The van der Waals surface area contributed by atoms with Gasteiger partial charge in [0.05, 0.1) is 12.6 Å². The highest BCUT2D eigenvalue weighted by molar-refractivity contribution is 9.10. The normalized spacial score (nSPS) is 18.8. The SMILES string of the molecule is CC(NC(=O)CN1CCC(N)CC1)c1cccc(Br)c1. The fourth-order valence-corrected chi connectivity index (χ4v) is 2.88. The van der Waals surface area contributed by atoms with E-state index in [0.29, 0.717) is 12.6 Å². The number of benzene rings is 1. The standard InChI is InChI=1S/C15H22BrN3O/c1-11(12-3-2-4-13(16)9-12)18-15(20)10-19-7-5-14(17)6-8-19/h2-4,9,11,14H,5-8,10,17H2,1H3,(H,18,20). The zero-order valence-electron chi connectivity index (χ0n) is 11.8. The summed E-state index contributed by atoms with van der Waals surface area (Å²) < 4.78 is 1.03. The first-order valence-corrected chi connectivity index (χ1v) is 7.86. The van der Waals surface area contributed by atoms with E-state index in [2.05, 4.69) is 26.1 Å². The molecule has 4 nitrogen and oxygen atoms in total. The smallest absolute Gasteiger partial charge is 0.234 e. The average Bonchev–Trinajstić information content (AvgIpc) is 2.41. The quantitative estimate of drug-likeness (QED) is 0.882. The van der Waals surface area contributed by atoms with Crippen LogP contribution in [0.2, 0.25) is 0 Å².